The van der Waals surface area contributed by atoms with E-state index in [1.165, 1.54) is 5.56 Å². The van der Waals surface area contributed by atoms with Gasteiger partial charge in [0.25, 0.3) is 0 Å². The summed E-state index contributed by atoms with van der Waals surface area (Å²) in [6, 6.07) is 8.48. The van der Waals surface area contributed by atoms with Crippen molar-refractivity contribution in [3.05, 3.63) is 35.4 Å². The van der Waals surface area contributed by atoms with E-state index in [4.69, 9.17) is 5.11 Å². The zero-order valence-corrected chi connectivity index (χ0v) is 11.8. The zero-order chi connectivity index (χ0) is 14.0. The molecule has 1 aliphatic rings. The summed E-state index contributed by atoms with van der Waals surface area (Å²) in [6.07, 6.45) is 0. The molecular weight excluding hydrogens is 240 g/mol. The van der Waals surface area contributed by atoms with Gasteiger partial charge in [0.05, 0.1) is 12.6 Å². The van der Waals surface area contributed by atoms with Crippen LogP contribution in [0.2, 0.25) is 0 Å². The number of hydrogen-bond acceptors (Lipinski definition) is 2. The molecule has 0 radical (unpaired) electrons. The van der Waals surface area contributed by atoms with Crippen LogP contribution in [0.5, 0.6) is 0 Å². The van der Waals surface area contributed by atoms with E-state index in [1.807, 2.05) is 0 Å². The molecule has 1 unspecified atom stereocenters. The molecule has 0 aliphatic carbocycles. The summed E-state index contributed by atoms with van der Waals surface area (Å²) in [5, 5.41) is 9.10. The largest absolute Gasteiger partial charge is 0.395 e. The molecule has 0 bridgehead atoms. The van der Waals surface area contributed by atoms with Crippen LogP contribution in [-0.4, -0.2) is 47.7 Å². The van der Waals surface area contributed by atoms with Gasteiger partial charge < -0.3 is 14.9 Å². The summed E-state index contributed by atoms with van der Waals surface area (Å²) < 4.78 is 0. The molecule has 19 heavy (non-hydrogen) atoms. The topological polar surface area (TPSA) is 43.8 Å². The van der Waals surface area contributed by atoms with Crippen molar-refractivity contribution in [2.75, 3.05) is 26.7 Å². The van der Waals surface area contributed by atoms with Gasteiger partial charge in [0.15, 0.2) is 0 Å². The molecule has 0 spiro atoms. The second-order valence-corrected chi connectivity index (χ2v) is 5.42. The molecule has 2 rings (SSSR count). The number of aliphatic hydroxyl groups is 1. The normalized spacial score (nSPS) is 19.6. The summed E-state index contributed by atoms with van der Waals surface area (Å²) in [7, 11) is 1.80. The molecule has 1 aliphatic heterocycles. The Balaban J connectivity index is 2.22. The van der Waals surface area contributed by atoms with Crippen LogP contribution in [0.15, 0.2) is 24.3 Å². The number of urea groups is 1. The van der Waals surface area contributed by atoms with Crippen molar-refractivity contribution in [1.29, 1.82) is 0 Å². The first kappa shape index (κ1) is 13.9. The van der Waals surface area contributed by atoms with Gasteiger partial charge in [-0.3, -0.25) is 0 Å². The Bertz CT molecular complexity index is 442. The molecule has 2 amide bonds. The smallest absolute Gasteiger partial charge is 0.320 e. The Morgan fingerprint density at radius 2 is 1.95 bits per heavy atom. The monoisotopic (exact) mass is 262 g/mol. The number of β-amino-alcohol motifs (C(OH)–C–C–N with tert-alkyl or cyclic N) is 1. The van der Waals surface area contributed by atoms with E-state index in [-0.39, 0.29) is 18.7 Å². The van der Waals surface area contributed by atoms with Crippen molar-refractivity contribution in [1.82, 2.24) is 9.80 Å². The Labute approximate surface area is 114 Å². The number of benzene rings is 1. The molecular formula is C15H22N2O2. The van der Waals surface area contributed by atoms with Crippen LogP contribution in [-0.2, 0) is 0 Å². The van der Waals surface area contributed by atoms with Crippen molar-refractivity contribution < 1.29 is 9.90 Å². The lowest BCUT2D eigenvalue weighted by atomic mass is 9.99. The minimum Gasteiger partial charge on any atom is -0.395 e. The number of carbonyl (C=O) groups excluding carboxylic acids is 1. The van der Waals surface area contributed by atoms with Crippen LogP contribution in [0.4, 0.5) is 4.79 Å². The lowest BCUT2D eigenvalue weighted by Crippen LogP contribution is -2.33. The first-order chi connectivity index (χ1) is 9.04. The second kappa shape index (κ2) is 5.61. The third-order valence-electron chi connectivity index (χ3n) is 3.72. The fraction of sp³-hybridized carbons (Fsp3) is 0.533. The Morgan fingerprint density at radius 1 is 1.32 bits per heavy atom. The van der Waals surface area contributed by atoms with E-state index in [1.54, 1.807) is 16.8 Å². The van der Waals surface area contributed by atoms with Crippen molar-refractivity contribution in [2.24, 2.45) is 0 Å². The summed E-state index contributed by atoms with van der Waals surface area (Å²) in [6.45, 7) is 5.40. The Hall–Kier alpha value is -1.55. The third-order valence-corrected chi connectivity index (χ3v) is 3.72. The molecule has 1 atom stereocenters. The van der Waals surface area contributed by atoms with E-state index < -0.39 is 0 Å². The Morgan fingerprint density at radius 3 is 2.47 bits per heavy atom. The van der Waals surface area contributed by atoms with Crippen molar-refractivity contribution in [3.63, 3.8) is 0 Å². The number of carbonyl (C=O) groups is 1. The van der Waals surface area contributed by atoms with Crippen molar-refractivity contribution in [2.45, 2.75) is 25.8 Å². The molecule has 1 aromatic rings. The van der Waals surface area contributed by atoms with Gasteiger partial charge in [-0.15, -0.1) is 0 Å². The SMILES string of the molecule is CC(C)c1ccc(C2CN(C)C(=O)N2CCO)cc1. The van der Waals surface area contributed by atoms with Gasteiger partial charge in [-0.25, -0.2) is 4.79 Å². The first-order valence-corrected chi connectivity index (χ1v) is 6.77. The first-order valence-electron chi connectivity index (χ1n) is 6.77. The minimum atomic E-state index is -0.00742. The quantitative estimate of drug-likeness (QED) is 0.904. The maximum Gasteiger partial charge on any atom is 0.320 e. The van der Waals surface area contributed by atoms with E-state index in [9.17, 15) is 4.79 Å². The van der Waals surface area contributed by atoms with Gasteiger partial charge >= 0.3 is 6.03 Å². The average Bonchev–Trinajstić information content (AvgIpc) is 2.68. The summed E-state index contributed by atoms with van der Waals surface area (Å²) >= 11 is 0. The van der Waals surface area contributed by atoms with Crippen LogP contribution in [0, 0.1) is 0 Å². The number of nitrogens with zero attached hydrogens (tertiary/aromatic N) is 2. The Kier molecular flexibility index (Phi) is 4.10. The molecule has 4 nitrogen and oxygen atoms in total. The molecule has 1 fully saturated rings. The van der Waals surface area contributed by atoms with Crippen LogP contribution in [0.3, 0.4) is 0 Å². The van der Waals surface area contributed by atoms with Crippen LogP contribution >= 0.6 is 0 Å². The highest BCUT2D eigenvalue weighted by atomic mass is 16.3. The van der Waals surface area contributed by atoms with E-state index >= 15 is 0 Å². The van der Waals surface area contributed by atoms with Gasteiger partial charge in [-0.2, -0.15) is 0 Å². The average molecular weight is 262 g/mol. The molecule has 1 N–H and O–H groups in total. The van der Waals surface area contributed by atoms with Crippen LogP contribution in [0.25, 0.3) is 0 Å². The highest BCUT2D eigenvalue weighted by Gasteiger charge is 2.35. The van der Waals surface area contributed by atoms with E-state index in [0.717, 1.165) is 5.56 Å². The predicted molar refractivity (Wildman–Crippen MR) is 75.1 cm³/mol. The third kappa shape index (κ3) is 2.73. The minimum absolute atomic E-state index is 0.000156. The lowest BCUT2D eigenvalue weighted by Gasteiger charge is -2.22. The number of likely N-dealkylation sites (N-methyl/N-ethyl adjacent to an activating group) is 1. The predicted octanol–water partition coefficient (Wildman–Crippen LogP) is 2.21. The summed E-state index contributed by atoms with van der Waals surface area (Å²) in [4.78, 5) is 15.4. The fourth-order valence-corrected chi connectivity index (χ4v) is 2.54. The van der Waals surface area contributed by atoms with E-state index in [0.29, 0.717) is 19.0 Å². The summed E-state index contributed by atoms with van der Waals surface area (Å²) in [5.41, 5.74) is 2.44. The van der Waals surface area contributed by atoms with Crippen LogP contribution < -0.4 is 0 Å². The lowest BCUT2D eigenvalue weighted by molar-refractivity contribution is 0.172. The standard InChI is InChI=1S/C15H22N2O2/c1-11(2)12-4-6-13(7-5-12)14-10-16(3)15(19)17(14)8-9-18/h4-7,11,14,18H,8-10H2,1-3H3. The molecule has 104 valence electrons. The number of rotatable bonds is 4. The van der Waals surface area contributed by atoms with E-state index in [2.05, 4.69) is 38.1 Å². The molecule has 0 aromatic heterocycles. The fourth-order valence-electron chi connectivity index (χ4n) is 2.54. The van der Waals surface area contributed by atoms with Crippen LogP contribution in [0.1, 0.15) is 36.9 Å². The van der Waals surface area contributed by atoms with Gasteiger partial charge in [0.2, 0.25) is 0 Å². The molecule has 4 heteroatoms. The van der Waals surface area contributed by atoms with Gasteiger partial charge in [-0.05, 0) is 17.0 Å². The zero-order valence-electron chi connectivity index (χ0n) is 11.8. The van der Waals surface area contributed by atoms with Crippen molar-refractivity contribution >= 4 is 6.03 Å². The highest BCUT2D eigenvalue weighted by molar-refractivity contribution is 5.77. The van der Waals surface area contributed by atoms with Gasteiger partial charge in [-0.1, -0.05) is 38.1 Å². The molecule has 1 aromatic carbocycles. The number of hydrogen-bond donors (Lipinski definition) is 1. The van der Waals surface area contributed by atoms with Gasteiger partial charge in [0.1, 0.15) is 0 Å². The molecule has 1 saturated heterocycles. The number of amides is 2. The number of aliphatic hydroxyl groups excluding tert-OH is 1. The highest BCUT2D eigenvalue weighted by Crippen LogP contribution is 2.29. The molecule has 1 heterocycles. The maximum absolute atomic E-state index is 12.0. The molecule has 0 saturated carbocycles. The second-order valence-electron chi connectivity index (χ2n) is 5.42. The van der Waals surface area contributed by atoms with Gasteiger partial charge in [0, 0.05) is 20.1 Å². The van der Waals surface area contributed by atoms with Crippen molar-refractivity contribution in [3.8, 4) is 0 Å². The summed E-state index contributed by atoms with van der Waals surface area (Å²) in [5.74, 6) is 0.510. The maximum atomic E-state index is 12.0.